The van der Waals surface area contributed by atoms with Crippen LogP contribution >= 0.6 is 0 Å². The van der Waals surface area contributed by atoms with Gasteiger partial charge in [-0.1, -0.05) is 24.6 Å². The van der Waals surface area contributed by atoms with Crippen molar-refractivity contribution in [3.63, 3.8) is 0 Å². The summed E-state index contributed by atoms with van der Waals surface area (Å²) in [5.41, 5.74) is 9.14. The highest BCUT2D eigenvalue weighted by Gasteiger charge is 2.21. The van der Waals surface area contributed by atoms with Crippen LogP contribution in [-0.4, -0.2) is 33.4 Å². The normalized spacial score (nSPS) is 19.3. The average molecular weight is 448 g/mol. The van der Waals surface area contributed by atoms with Crippen molar-refractivity contribution in [2.75, 3.05) is 0 Å². The Bertz CT molecular complexity index is 1350. The van der Waals surface area contributed by atoms with E-state index < -0.39 is 10.0 Å². The fourth-order valence-corrected chi connectivity index (χ4v) is 5.85. The van der Waals surface area contributed by atoms with E-state index in [-0.39, 0.29) is 10.9 Å². The predicted octanol–water partition coefficient (Wildman–Crippen LogP) is 3.79. The van der Waals surface area contributed by atoms with Gasteiger partial charge in [0.2, 0.25) is 0 Å². The molecule has 32 heavy (non-hydrogen) atoms. The second-order valence-corrected chi connectivity index (χ2v) is 10.3. The van der Waals surface area contributed by atoms with Gasteiger partial charge in [0.15, 0.2) is 5.65 Å². The lowest BCUT2D eigenvalue weighted by Gasteiger charge is -2.26. The van der Waals surface area contributed by atoms with E-state index in [0.29, 0.717) is 11.6 Å². The number of nitrogens with zero attached hydrogens (tertiary/aromatic N) is 4. The number of nitrogens with two attached hydrogens (primary N) is 1. The third-order valence-electron chi connectivity index (χ3n) is 6.13. The number of pyridine rings is 1. The topological polar surface area (TPSA) is 104 Å². The van der Waals surface area contributed by atoms with Crippen LogP contribution in [0.4, 0.5) is 0 Å². The molecule has 5 rings (SSSR count). The second-order valence-electron chi connectivity index (χ2n) is 8.46. The third-order valence-corrected chi connectivity index (χ3v) is 7.81. The summed E-state index contributed by atoms with van der Waals surface area (Å²) in [5.74, 6) is 0.555. The summed E-state index contributed by atoms with van der Waals surface area (Å²) in [7, 11) is -3.71. The number of hydrogen-bond donors (Lipinski definition) is 1. The summed E-state index contributed by atoms with van der Waals surface area (Å²) in [4.78, 5) is 13.6. The highest BCUT2D eigenvalue weighted by Crippen LogP contribution is 2.28. The van der Waals surface area contributed by atoms with Crippen LogP contribution in [0.2, 0.25) is 0 Å². The van der Waals surface area contributed by atoms with E-state index in [2.05, 4.69) is 15.0 Å². The van der Waals surface area contributed by atoms with Gasteiger partial charge in [0, 0.05) is 35.1 Å². The van der Waals surface area contributed by atoms with E-state index in [0.717, 1.165) is 41.6 Å². The van der Waals surface area contributed by atoms with Crippen molar-refractivity contribution in [1.29, 1.82) is 0 Å². The Morgan fingerprint density at radius 2 is 1.88 bits per heavy atom. The molecule has 2 N–H and O–H groups in total. The van der Waals surface area contributed by atoms with Crippen molar-refractivity contribution < 1.29 is 8.42 Å². The number of fused-ring (bicyclic) bond motifs is 1. The molecule has 0 radical (unpaired) electrons. The maximum atomic E-state index is 13.0. The van der Waals surface area contributed by atoms with Gasteiger partial charge < -0.3 is 5.73 Å². The van der Waals surface area contributed by atoms with Gasteiger partial charge in [-0.15, -0.1) is 0 Å². The average Bonchev–Trinajstić information content (AvgIpc) is 3.24. The highest BCUT2D eigenvalue weighted by atomic mass is 32.2. The van der Waals surface area contributed by atoms with Crippen LogP contribution < -0.4 is 5.73 Å². The molecular weight excluding hydrogens is 422 g/mol. The molecule has 0 amide bonds. The van der Waals surface area contributed by atoms with Crippen LogP contribution in [0.15, 0.2) is 72.1 Å². The van der Waals surface area contributed by atoms with Gasteiger partial charge in [-0.25, -0.2) is 27.3 Å². The molecule has 1 aliphatic rings. The highest BCUT2D eigenvalue weighted by molar-refractivity contribution is 7.90. The Morgan fingerprint density at radius 3 is 2.69 bits per heavy atom. The minimum atomic E-state index is -3.71. The smallest absolute Gasteiger partial charge is 0.269 e. The Labute approximate surface area is 187 Å². The Balaban J connectivity index is 1.44. The van der Waals surface area contributed by atoms with Crippen molar-refractivity contribution in [3.05, 3.63) is 72.9 Å². The van der Waals surface area contributed by atoms with Gasteiger partial charge in [0.1, 0.15) is 6.33 Å². The molecule has 0 saturated heterocycles. The van der Waals surface area contributed by atoms with E-state index in [1.54, 1.807) is 55.1 Å². The largest absolute Gasteiger partial charge is 0.328 e. The van der Waals surface area contributed by atoms with Crippen molar-refractivity contribution >= 4 is 21.1 Å². The van der Waals surface area contributed by atoms with Gasteiger partial charge >= 0.3 is 0 Å². The molecule has 3 heterocycles. The molecule has 0 spiro atoms. The molecule has 3 aromatic heterocycles. The predicted molar refractivity (Wildman–Crippen MR) is 123 cm³/mol. The first-order valence-electron chi connectivity index (χ1n) is 10.9. The van der Waals surface area contributed by atoms with Crippen LogP contribution in [0.5, 0.6) is 0 Å². The van der Waals surface area contributed by atoms with Crippen molar-refractivity contribution in [1.82, 2.24) is 18.9 Å². The van der Waals surface area contributed by atoms with Crippen LogP contribution in [0.25, 0.3) is 22.3 Å². The third kappa shape index (κ3) is 4.03. The minimum absolute atomic E-state index is 0.228. The number of aromatic nitrogens is 4. The summed E-state index contributed by atoms with van der Waals surface area (Å²) >= 11 is 0. The summed E-state index contributed by atoms with van der Waals surface area (Å²) in [5, 5.41) is 0.737. The van der Waals surface area contributed by atoms with Gasteiger partial charge in [0.25, 0.3) is 10.0 Å². The first kappa shape index (κ1) is 20.8. The first-order valence-corrected chi connectivity index (χ1v) is 12.3. The molecule has 1 saturated carbocycles. The Morgan fingerprint density at radius 1 is 1.03 bits per heavy atom. The number of hydrogen-bond acceptors (Lipinski definition) is 6. The number of rotatable bonds is 5. The zero-order chi connectivity index (χ0) is 22.1. The van der Waals surface area contributed by atoms with Gasteiger partial charge in [-0.05, 0) is 61.9 Å². The van der Waals surface area contributed by atoms with Crippen molar-refractivity contribution in [3.8, 4) is 11.3 Å². The summed E-state index contributed by atoms with van der Waals surface area (Å²) in [6.45, 7) is 0. The monoisotopic (exact) mass is 447 g/mol. The molecule has 2 atom stereocenters. The van der Waals surface area contributed by atoms with Gasteiger partial charge in [-0.3, -0.25) is 0 Å². The molecule has 7 nitrogen and oxygen atoms in total. The lowest BCUT2D eigenvalue weighted by molar-refractivity contribution is 0.319. The summed E-state index contributed by atoms with van der Waals surface area (Å²) in [6, 6.07) is 14.3. The lowest BCUT2D eigenvalue weighted by Crippen LogP contribution is -2.28. The van der Waals surface area contributed by atoms with Crippen molar-refractivity contribution in [2.24, 2.45) is 11.7 Å². The molecule has 164 valence electrons. The maximum Gasteiger partial charge on any atom is 0.269 e. The maximum absolute atomic E-state index is 13.0. The second kappa shape index (κ2) is 8.44. The SMILES string of the molecule is NC1CCCC(Cc2cc(-c3cnc4c(ccn4S(=O)(=O)c4ccccc4)c3)ncn2)C1. The van der Waals surface area contributed by atoms with Crippen LogP contribution in [0, 0.1) is 5.92 Å². The van der Waals surface area contributed by atoms with Crippen LogP contribution in [0.1, 0.15) is 31.4 Å². The minimum Gasteiger partial charge on any atom is -0.328 e. The molecule has 1 aromatic carbocycles. The molecule has 2 unspecified atom stereocenters. The van der Waals surface area contributed by atoms with E-state index in [4.69, 9.17) is 5.73 Å². The van der Waals surface area contributed by atoms with E-state index in [1.807, 2.05) is 12.1 Å². The Kier molecular flexibility index (Phi) is 5.48. The van der Waals surface area contributed by atoms with E-state index in [1.165, 1.54) is 16.8 Å². The van der Waals surface area contributed by atoms with Gasteiger partial charge in [-0.2, -0.15) is 0 Å². The molecule has 4 aromatic rings. The summed E-state index contributed by atoms with van der Waals surface area (Å²) < 4.78 is 27.2. The summed E-state index contributed by atoms with van der Waals surface area (Å²) in [6.07, 6.45) is 10.2. The lowest BCUT2D eigenvalue weighted by atomic mass is 9.83. The zero-order valence-electron chi connectivity index (χ0n) is 17.6. The molecule has 1 aliphatic carbocycles. The molecule has 0 aliphatic heterocycles. The first-order chi connectivity index (χ1) is 15.5. The molecule has 8 heteroatoms. The Hall–Kier alpha value is -3.10. The molecule has 1 fully saturated rings. The van der Waals surface area contributed by atoms with Crippen LogP contribution in [0.3, 0.4) is 0 Å². The van der Waals surface area contributed by atoms with Crippen LogP contribution in [-0.2, 0) is 16.4 Å². The standard InChI is InChI=1S/C24H25N5O2S/c25-20-6-4-5-17(11-20)12-21-14-23(28-16-27-21)19-13-18-9-10-29(24(18)26-15-19)32(30,31)22-7-2-1-3-8-22/h1-3,7-10,13-17,20H,4-6,11-12,25H2. The molecular formula is C24H25N5O2S. The van der Waals surface area contributed by atoms with Gasteiger partial charge in [0.05, 0.1) is 10.6 Å². The zero-order valence-corrected chi connectivity index (χ0v) is 18.4. The van der Waals surface area contributed by atoms with E-state index >= 15 is 0 Å². The fraction of sp³-hybridized carbons (Fsp3) is 0.292. The van der Waals surface area contributed by atoms with E-state index in [9.17, 15) is 8.42 Å². The van der Waals surface area contributed by atoms with Crippen molar-refractivity contribution in [2.45, 2.75) is 43.0 Å². The molecule has 0 bridgehead atoms. The quantitative estimate of drug-likeness (QED) is 0.499. The number of benzene rings is 1. The fourth-order valence-electron chi connectivity index (χ4n) is 4.52.